The normalized spacial score (nSPS) is 22.3. The number of rotatable bonds is 1. The first-order chi connectivity index (χ1) is 8.73. The van der Waals surface area contributed by atoms with E-state index in [-0.39, 0.29) is 11.9 Å². The summed E-state index contributed by atoms with van der Waals surface area (Å²) >= 11 is 1.82. The first-order valence-electron chi connectivity index (χ1n) is 5.88. The van der Waals surface area contributed by atoms with E-state index in [0.29, 0.717) is 18.7 Å². The van der Waals surface area contributed by atoms with Crippen molar-refractivity contribution in [1.82, 2.24) is 10.3 Å². The van der Waals surface area contributed by atoms with Crippen molar-refractivity contribution in [3.8, 4) is 0 Å². The van der Waals surface area contributed by atoms with Crippen LogP contribution in [0.25, 0.3) is 0 Å². The number of carbonyl (C=O) groups is 2. The smallest absolute Gasteiger partial charge is 0.323 e. The molecule has 3 rings (SSSR count). The highest BCUT2D eigenvalue weighted by Crippen LogP contribution is 2.34. The van der Waals surface area contributed by atoms with Gasteiger partial charge in [0.1, 0.15) is 11.4 Å². The molecule has 2 saturated heterocycles. The number of imide groups is 1. The maximum atomic E-state index is 12.5. The number of amides is 3. The summed E-state index contributed by atoms with van der Waals surface area (Å²) in [6, 6.07) is 4.85. The van der Waals surface area contributed by atoms with Crippen LogP contribution >= 0.6 is 11.8 Å². The summed E-state index contributed by atoms with van der Waals surface area (Å²) in [4.78, 5) is 29.7. The predicted octanol–water partition coefficient (Wildman–Crippen LogP) is 1.40. The van der Waals surface area contributed by atoms with Crippen molar-refractivity contribution in [2.45, 2.75) is 18.4 Å². The number of carbonyl (C=O) groups excluding carboxylic acids is 2. The molecule has 1 aromatic rings. The van der Waals surface area contributed by atoms with Gasteiger partial charge in [-0.25, -0.2) is 14.7 Å². The van der Waals surface area contributed by atoms with E-state index in [4.69, 9.17) is 0 Å². The van der Waals surface area contributed by atoms with Crippen molar-refractivity contribution >= 4 is 29.5 Å². The third-order valence-corrected chi connectivity index (χ3v) is 4.37. The third-order valence-electron chi connectivity index (χ3n) is 3.39. The van der Waals surface area contributed by atoms with Gasteiger partial charge >= 0.3 is 6.03 Å². The van der Waals surface area contributed by atoms with E-state index in [2.05, 4.69) is 10.3 Å². The van der Waals surface area contributed by atoms with E-state index < -0.39 is 5.54 Å². The van der Waals surface area contributed by atoms with E-state index in [1.165, 1.54) is 0 Å². The van der Waals surface area contributed by atoms with Crippen LogP contribution in [0.4, 0.5) is 10.6 Å². The third kappa shape index (κ3) is 1.68. The van der Waals surface area contributed by atoms with Crippen LogP contribution < -0.4 is 10.2 Å². The molecule has 3 amide bonds. The van der Waals surface area contributed by atoms with Crippen molar-refractivity contribution < 1.29 is 9.59 Å². The molecule has 0 bridgehead atoms. The van der Waals surface area contributed by atoms with Gasteiger partial charge in [-0.3, -0.25) is 4.79 Å². The fourth-order valence-electron chi connectivity index (χ4n) is 2.37. The van der Waals surface area contributed by atoms with Crippen molar-refractivity contribution in [3.63, 3.8) is 0 Å². The van der Waals surface area contributed by atoms with Gasteiger partial charge in [0.25, 0.3) is 5.91 Å². The summed E-state index contributed by atoms with van der Waals surface area (Å²) in [5, 5.41) is 2.85. The number of thioether (sulfide) groups is 1. The van der Waals surface area contributed by atoms with E-state index in [9.17, 15) is 9.59 Å². The van der Waals surface area contributed by atoms with E-state index in [1.54, 1.807) is 24.4 Å². The zero-order chi connectivity index (χ0) is 12.6. The second kappa shape index (κ2) is 4.28. The Hall–Kier alpha value is -1.56. The minimum atomic E-state index is -0.695. The second-order valence-corrected chi connectivity index (χ2v) is 5.68. The predicted molar refractivity (Wildman–Crippen MR) is 69.5 cm³/mol. The number of urea groups is 1. The summed E-state index contributed by atoms with van der Waals surface area (Å²) in [7, 11) is 0. The van der Waals surface area contributed by atoms with Crippen molar-refractivity contribution in [2.24, 2.45) is 0 Å². The lowest BCUT2D eigenvalue weighted by molar-refractivity contribution is -0.122. The van der Waals surface area contributed by atoms with Crippen LogP contribution in [0.3, 0.4) is 0 Å². The highest BCUT2D eigenvalue weighted by atomic mass is 32.2. The first-order valence-corrected chi connectivity index (χ1v) is 7.04. The summed E-state index contributed by atoms with van der Waals surface area (Å²) in [6.45, 7) is 0. The summed E-state index contributed by atoms with van der Waals surface area (Å²) < 4.78 is 0. The molecular weight excluding hydrogens is 250 g/mol. The Bertz CT molecular complexity index is 485. The molecule has 2 aliphatic rings. The minimum Gasteiger partial charge on any atom is -0.323 e. The molecule has 5 nitrogen and oxygen atoms in total. The van der Waals surface area contributed by atoms with Crippen LogP contribution in [0.5, 0.6) is 0 Å². The summed E-state index contributed by atoms with van der Waals surface area (Å²) in [6.07, 6.45) is 2.98. The molecule has 1 aromatic heterocycles. The molecule has 0 unspecified atom stereocenters. The van der Waals surface area contributed by atoms with Crippen molar-refractivity contribution in [3.05, 3.63) is 24.4 Å². The highest BCUT2D eigenvalue weighted by Gasteiger charge is 2.52. The second-order valence-electron chi connectivity index (χ2n) is 4.45. The molecular formula is C12H13N3O2S. The summed E-state index contributed by atoms with van der Waals surface area (Å²) in [5.74, 6) is 2.05. The number of anilines is 1. The van der Waals surface area contributed by atoms with Crippen LogP contribution in [0.2, 0.25) is 0 Å². The Morgan fingerprint density at radius 3 is 2.72 bits per heavy atom. The van der Waals surface area contributed by atoms with E-state index in [0.717, 1.165) is 16.4 Å². The maximum Gasteiger partial charge on any atom is 0.330 e. The van der Waals surface area contributed by atoms with Crippen molar-refractivity contribution in [1.29, 1.82) is 0 Å². The molecule has 6 heteroatoms. The first kappa shape index (κ1) is 11.5. The van der Waals surface area contributed by atoms with Gasteiger partial charge in [-0.05, 0) is 36.5 Å². The molecule has 0 aliphatic carbocycles. The molecule has 18 heavy (non-hydrogen) atoms. The molecule has 3 heterocycles. The van der Waals surface area contributed by atoms with Gasteiger partial charge in [0.2, 0.25) is 0 Å². The molecule has 2 aliphatic heterocycles. The maximum absolute atomic E-state index is 12.5. The lowest BCUT2D eigenvalue weighted by Gasteiger charge is -2.29. The number of pyridine rings is 1. The SMILES string of the molecule is O=C1NC2(CCSCC2)C(=O)N1c1ccccn1. The quantitative estimate of drug-likeness (QED) is 0.778. The van der Waals surface area contributed by atoms with E-state index in [1.807, 2.05) is 11.8 Å². The van der Waals surface area contributed by atoms with Crippen LogP contribution in [-0.2, 0) is 4.79 Å². The average Bonchev–Trinajstić information content (AvgIpc) is 2.63. The number of hydrogen-bond acceptors (Lipinski definition) is 4. The molecule has 2 fully saturated rings. The molecule has 1 spiro atoms. The number of aromatic nitrogens is 1. The van der Waals surface area contributed by atoms with Gasteiger partial charge < -0.3 is 5.32 Å². The van der Waals surface area contributed by atoms with Gasteiger partial charge in [-0.15, -0.1) is 0 Å². The molecule has 0 atom stereocenters. The monoisotopic (exact) mass is 263 g/mol. The standard InChI is InChI=1S/C12H13N3O2S/c16-10-12(4-7-18-8-5-12)14-11(17)15(10)9-3-1-2-6-13-9/h1-3,6H,4-5,7-8H2,(H,14,17). The lowest BCUT2D eigenvalue weighted by Crippen LogP contribution is -2.49. The van der Waals surface area contributed by atoms with Gasteiger partial charge in [-0.2, -0.15) is 11.8 Å². The Balaban J connectivity index is 1.94. The van der Waals surface area contributed by atoms with Crippen molar-refractivity contribution in [2.75, 3.05) is 16.4 Å². The zero-order valence-corrected chi connectivity index (χ0v) is 10.6. The summed E-state index contributed by atoms with van der Waals surface area (Å²) in [5.41, 5.74) is -0.695. The molecule has 0 aromatic carbocycles. The molecule has 0 saturated carbocycles. The van der Waals surface area contributed by atoms with Crippen LogP contribution in [0, 0.1) is 0 Å². The number of hydrogen-bond donors (Lipinski definition) is 1. The Labute approximate surface area is 109 Å². The molecule has 1 N–H and O–H groups in total. The minimum absolute atomic E-state index is 0.161. The fourth-order valence-corrected chi connectivity index (χ4v) is 3.56. The van der Waals surface area contributed by atoms with Crippen LogP contribution in [0.1, 0.15) is 12.8 Å². The fraction of sp³-hybridized carbons (Fsp3) is 0.417. The Kier molecular flexibility index (Phi) is 2.74. The van der Waals surface area contributed by atoms with Gasteiger partial charge in [-0.1, -0.05) is 6.07 Å². The lowest BCUT2D eigenvalue weighted by atomic mass is 9.92. The Morgan fingerprint density at radius 2 is 2.06 bits per heavy atom. The van der Waals surface area contributed by atoms with E-state index >= 15 is 0 Å². The zero-order valence-electron chi connectivity index (χ0n) is 9.76. The molecule has 94 valence electrons. The van der Waals surface area contributed by atoms with Crippen LogP contribution in [-0.4, -0.2) is 34.0 Å². The topological polar surface area (TPSA) is 62.3 Å². The molecule has 0 radical (unpaired) electrons. The average molecular weight is 263 g/mol. The van der Waals surface area contributed by atoms with Crippen LogP contribution in [0.15, 0.2) is 24.4 Å². The Morgan fingerprint density at radius 1 is 1.28 bits per heavy atom. The van der Waals surface area contributed by atoms with Gasteiger partial charge in [0, 0.05) is 6.20 Å². The van der Waals surface area contributed by atoms with Gasteiger partial charge in [0.15, 0.2) is 0 Å². The van der Waals surface area contributed by atoms with Gasteiger partial charge in [0.05, 0.1) is 0 Å². The number of nitrogens with one attached hydrogen (secondary N) is 1. The number of nitrogens with zero attached hydrogens (tertiary/aromatic N) is 2. The highest BCUT2D eigenvalue weighted by molar-refractivity contribution is 7.99. The largest absolute Gasteiger partial charge is 0.330 e.